The molecule has 0 fully saturated rings. The first kappa shape index (κ1) is 17.2. The molecule has 0 unspecified atom stereocenters. The minimum atomic E-state index is -0.110. The van der Waals surface area contributed by atoms with Crippen molar-refractivity contribution in [2.75, 3.05) is 32.0 Å². The highest BCUT2D eigenvalue weighted by atomic mass is 16.2. The summed E-state index contributed by atoms with van der Waals surface area (Å²) in [5.74, 6) is -0.164. The molecule has 2 N–H and O–H groups in total. The van der Waals surface area contributed by atoms with Gasteiger partial charge in [-0.05, 0) is 31.5 Å². The Labute approximate surface area is 126 Å². The molecule has 0 saturated heterocycles. The monoisotopic (exact) mass is 291 g/mol. The van der Waals surface area contributed by atoms with E-state index in [0.717, 1.165) is 24.1 Å². The van der Waals surface area contributed by atoms with Gasteiger partial charge in [0.05, 0.1) is 13.1 Å². The molecule has 0 spiro atoms. The summed E-state index contributed by atoms with van der Waals surface area (Å²) in [5, 5.41) is 5.69. The summed E-state index contributed by atoms with van der Waals surface area (Å²) in [5.41, 5.74) is 1.95. The van der Waals surface area contributed by atoms with E-state index in [2.05, 4.69) is 17.6 Å². The summed E-state index contributed by atoms with van der Waals surface area (Å²) in [7, 11) is 1.76. The molecule has 21 heavy (non-hydrogen) atoms. The van der Waals surface area contributed by atoms with Crippen molar-refractivity contribution >= 4 is 17.5 Å². The zero-order valence-corrected chi connectivity index (χ0v) is 13.1. The fraction of sp³-hybridized carbons (Fsp3) is 0.500. The van der Waals surface area contributed by atoms with Gasteiger partial charge < -0.3 is 10.6 Å². The third-order valence-electron chi connectivity index (χ3n) is 3.07. The SMILES string of the molecule is CCCNC(=O)CN(C)CC(=O)Nc1ccccc1CC. The maximum atomic E-state index is 12.0. The summed E-state index contributed by atoms with van der Waals surface area (Å²) in [4.78, 5) is 25.3. The van der Waals surface area contributed by atoms with E-state index in [0.29, 0.717) is 6.54 Å². The van der Waals surface area contributed by atoms with Gasteiger partial charge >= 0.3 is 0 Å². The fourth-order valence-corrected chi connectivity index (χ4v) is 2.01. The van der Waals surface area contributed by atoms with E-state index in [1.807, 2.05) is 31.2 Å². The van der Waals surface area contributed by atoms with E-state index in [4.69, 9.17) is 0 Å². The Balaban J connectivity index is 2.44. The molecular formula is C16H25N3O2. The van der Waals surface area contributed by atoms with Crippen molar-refractivity contribution in [3.05, 3.63) is 29.8 Å². The number of carbonyl (C=O) groups excluding carboxylic acids is 2. The van der Waals surface area contributed by atoms with Crippen molar-refractivity contribution in [1.29, 1.82) is 0 Å². The second kappa shape index (κ2) is 9.13. The van der Waals surface area contributed by atoms with Crippen LogP contribution in [0.2, 0.25) is 0 Å². The van der Waals surface area contributed by atoms with Crippen LogP contribution in [0.15, 0.2) is 24.3 Å². The smallest absolute Gasteiger partial charge is 0.238 e. The summed E-state index contributed by atoms with van der Waals surface area (Å²) < 4.78 is 0. The number of nitrogens with one attached hydrogen (secondary N) is 2. The van der Waals surface area contributed by atoms with Gasteiger partial charge in [0.25, 0.3) is 0 Å². The quantitative estimate of drug-likeness (QED) is 0.765. The number of nitrogens with zero attached hydrogens (tertiary/aromatic N) is 1. The second-order valence-corrected chi connectivity index (χ2v) is 5.08. The molecule has 1 rings (SSSR count). The molecule has 0 aliphatic heterocycles. The Morgan fingerprint density at radius 1 is 1.10 bits per heavy atom. The van der Waals surface area contributed by atoms with E-state index in [-0.39, 0.29) is 24.9 Å². The van der Waals surface area contributed by atoms with Crippen LogP contribution in [0, 0.1) is 0 Å². The van der Waals surface area contributed by atoms with Crippen LogP contribution in [-0.4, -0.2) is 43.4 Å². The standard InChI is InChI=1S/C16H25N3O2/c1-4-10-17-15(20)11-19(3)12-16(21)18-14-9-7-6-8-13(14)5-2/h6-9H,4-5,10-12H2,1-3H3,(H,17,20)(H,18,21). The maximum absolute atomic E-state index is 12.0. The molecule has 116 valence electrons. The highest BCUT2D eigenvalue weighted by molar-refractivity contribution is 5.93. The van der Waals surface area contributed by atoms with E-state index in [9.17, 15) is 9.59 Å². The van der Waals surface area contributed by atoms with E-state index in [1.54, 1.807) is 11.9 Å². The fourth-order valence-electron chi connectivity index (χ4n) is 2.01. The highest BCUT2D eigenvalue weighted by Gasteiger charge is 2.11. The lowest BCUT2D eigenvalue weighted by atomic mass is 10.1. The van der Waals surface area contributed by atoms with Gasteiger partial charge in [-0.3, -0.25) is 14.5 Å². The Morgan fingerprint density at radius 3 is 2.43 bits per heavy atom. The van der Waals surface area contributed by atoms with E-state index in [1.165, 1.54) is 0 Å². The zero-order chi connectivity index (χ0) is 15.7. The zero-order valence-electron chi connectivity index (χ0n) is 13.1. The molecule has 5 nitrogen and oxygen atoms in total. The molecule has 0 atom stereocenters. The lowest BCUT2D eigenvalue weighted by Gasteiger charge is -2.16. The van der Waals surface area contributed by atoms with Gasteiger partial charge in [0, 0.05) is 12.2 Å². The highest BCUT2D eigenvalue weighted by Crippen LogP contribution is 2.15. The van der Waals surface area contributed by atoms with E-state index >= 15 is 0 Å². The lowest BCUT2D eigenvalue weighted by molar-refractivity contribution is -0.122. The number of likely N-dealkylation sites (N-methyl/N-ethyl adjacent to an activating group) is 1. The molecule has 2 amide bonds. The largest absolute Gasteiger partial charge is 0.355 e. The number of hydrogen-bond acceptors (Lipinski definition) is 3. The normalized spacial score (nSPS) is 10.5. The molecule has 1 aromatic rings. The first-order chi connectivity index (χ1) is 10.1. The van der Waals surface area contributed by atoms with Crippen LogP contribution in [0.4, 0.5) is 5.69 Å². The third kappa shape index (κ3) is 6.40. The van der Waals surface area contributed by atoms with Crippen molar-refractivity contribution in [1.82, 2.24) is 10.2 Å². The van der Waals surface area contributed by atoms with Gasteiger partial charge in [0.1, 0.15) is 0 Å². The number of aryl methyl sites for hydroxylation is 1. The maximum Gasteiger partial charge on any atom is 0.238 e. The minimum absolute atomic E-state index is 0.0545. The van der Waals surface area contributed by atoms with Crippen LogP contribution in [0.1, 0.15) is 25.8 Å². The summed E-state index contributed by atoms with van der Waals surface area (Å²) in [6.07, 6.45) is 1.77. The van der Waals surface area contributed by atoms with Crippen LogP contribution in [0.25, 0.3) is 0 Å². The molecule has 0 saturated carbocycles. The number of carbonyl (C=O) groups is 2. The van der Waals surface area contributed by atoms with Gasteiger partial charge in [-0.15, -0.1) is 0 Å². The van der Waals surface area contributed by atoms with Gasteiger partial charge in [-0.25, -0.2) is 0 Å². The topological polar surface area (TPSA) is 61.4 Å². The lowest BCUT2D eigenvalue weighted by Crippen LogP contribution is -2.39. The van der Waals surface area contributed by atoms with E-state index < -0.39 is 0 Å². The number of amides is 2. The van der Waals surface area contributed by atoms with Crippen LogP contribution in [0.5, 0.6) is 0 Å². The number of rotatable bonds is 8. The molecule has 0 heterocycles. The van der Waals surface area contributed by atoms with Gasteiger partial charge in [-0.1, -0.05) is 32.0 Å². The predicted molar refractivity (Wildman–Crippen MR) is 85.2 cm³/mol. The summed E-state index contributed by atoms with van der Waals surface area (Å²) in [6.45, 7) is 5.14. The number of hydrogen-bond donors (Lipinski definition) is 2. The van der Waals surface area contributed by atoms with Gasteiger partial charge in [-0.2, -0.15) is 0 Å². The number of para-hydroxylation sites is 1. The average Bonchev–Trinajstić information content (AvgIpc) is 2.45. The Morgan fingerprint density at radius 2 is 1.76 bits per heavy atom. The first-order valence-corrected chi connectivity index (χ1v) is 7.39. The van der Waals surface area contributed by atoms with Crippen molar-refractivity contribution in [2.24, 2.45) is 0 Å². The summed E-state index contributed by atoms with van der Waals surface area (Å²) in [6, 6.07) is 7.75. The Bertz CT molecular complexity index is 474. The molecule has 0 aromatic heterocycles. The van der Waals surface area contributed by atoms with Crippen LogP contribution < -0.4 is 10.6 Å². The molecular weight excluding hydrogens is 266 g/mol. The molecule has 5 heteroatoms. The van der Waals surface area contributed by atoms with Crippen LogP contribution >= 0.6 is 0 Å². The second-order valence-electron chi connectivity index (χ2n) is 5.08. The molecule has 1 aromatic carbocycles. The predicted octanol–water partition coefficient (Wildman–Crippen LogP) is 1.65. The molecule has 0 aliphatic rings. The first-order valence-electron chi connectivity index (χ1n) is 7.39. The number of anilines is 1. The van der Waals surface area contributed by atoms with Crippen molar-refractivity contribution in [3.63, 3.8) is 0 Å². The van der Waals surface area contributed by atoms with Crippen LogP contribution in [-0.2, 0) is 16.0 Å². The van der Waals surface area contributed by atoms with Gasteiger partial charge in [0.15, 0.2) is 0 Å². The van der Waals surface area contributed by atoms with Gasteiger partial charge in [0.2, 0.25) is 11.8 Å². The van der Waals surface area contributed by atoms with Crippen LogP contribution in [0.3, 0.4) is 0 Å². The van der Waals surface area contributed by atoms with Crippen molar-refractivity contribution < 1.29 is 9.59 Å². The Hall–Kier alpha value is -1.88. The molecule has 0 bridgehead atoms. The minimum Gasteiger partial charge on any atom is -0.355 e. The molecule has 0 aliphatic carbocycles. The number of benzene rings is 1. The van der Waals surface area contributed by atoms with Crippen molar-refractivity contribution in [3.8, 4) is 0 Å². The molecule has 0 radical (unpaired) electrons. The Kier molecular flexibility index (Phi) is 7.46. The third-order valence-corrected chi connectivity index (χ3v) is 3.07. The summed E-state index contributed by atoms with van der Waals surface area (Å²) >= 11 is 0. The van der Waals surface area contributed by atoms with Crippen molar-refractivity contribution in [2.45, 2.75) is 26.7 Å². The average molecular weight is 291 g/mol.